The fraction of sp³-hybridized carbons (Fsp3) is 0.429. The Hall–Kier alpha value is -1.68. The Balaban J connectivity index is 2.26. The lowest BCUT2D eigenvalue weighted by atomic mass is 9.76. The number of aliphatic hydroxyl groups is 1. The molecule has 0 aromatic heterocycles. The third-order valence-electron chi connectivity index (χ3n) is 4.66. The second-order valence-corrected chi connectivity index (χ2v) is 6.96. The minimum atomic E-state index is -0.991. The second kappa shape index (κ2) is 8.43. The molecule has 0 saturated heterocycles. The van der Waals surface area contributed by atoms with Gasteiger partial charge in [-0.25, -0.2) is 0 Å². The van der Waals surface area contributed by atoms with Gasteiger partial charge in [-0.15, -0.1) is 0 Å². The Morgan fingerprint density at radius 3 is 1.71 bits per heavy atom. The highest BCUT2D eigenvalue weighted by Gasteiger charge is 2.37. The number of nitrogens with zero attached hydrogens (tertiary/aromatic N) is 2. The van der Waals surface area contributed by atoms with Crippen LogP contribution in [0.5, 0.6) is 0 Å². The molecular weight excluding hydrogens is 296 g/mol. The fourth-order valence-corrected chi connectivity index (χ4v) is 3.18. The molecule has 24 heavy (non-hydrogen) atoms. The number of hydrogen-bond donors (Lipinski definition) is 1. The Labute approximate surface area is 146 Å². The molecule has 1 unspecified atom stereocenters. The van der Waals surface area contributed by atoms with Crippen molar-refractivity contribution >= 4 is 0 Å². The van der Waals surface area contributed by atoms with Gasteiger partial charge in [0.15, 0.2) is 0 Å². The quantitative estimate of drug-likeness (QED) is 0.808. The van der Waals surface area contributed by atoms with Gasteiger partial charge in [0.2, 0.25) is 0 Å². The van der Waals surface area contributed by atoms with Crippen LogP contribution in [0.15, 0.2) is 60.7 Å². The number of hydrogen-bond acceptors (Lipinski definition) is 3. The summed E-state index contributed by atoms with van der Waals surface area (Å²) in [4.78, 5) is 4.48. The van der Waals surface area contributed by atoms with Gasteiger partial charge in [0.05, 0.1) is 0 Å². The van der Waals surface area contributed by atoms with Crippen LogP contribution in [0.25, 0.3) is 0 Å². The molecule has 0 amide bonds. The molecule has 3 heteroatoms. The van der Waals surface area contributed by atoms with E-state index < -0.39 is 5.60 Å². The summed E-state index contributed by atoms with van der Waals surface area (Å²) in [6, 6.07) is 20.0. The first-order chi connectivity index (χ1) is 11.4. The van der Waals surface area contributed by atoms with Crippen LogP contribution in [-0.4, -0.2) is 55.7 Å². The van der Waals surface area contributed by atoms with E-state index in [1.165, 1.54) is 0 Å². The summed E-state index contributed by atoms with van der Waals surface area (Å²) in [7, 11) is 6.29. The molecule has 0 aliphatic rings. The van der Waals surface area contributed by atoms with Crippen LogP contribution in [-0.2, 0) is 5.60 Å². The first-order valence-electron chi connectivity index (χ1n) is 8.61. The van der Waals surface area contributed by atoms with Crippen LogP contribution in [0.2, 0.25) is 0 Å². The van der Waals surface area contributed by atoms with E-state index in [1.54, 1.807) is 0 Å². The van der Waals surface area contributed by atoms with E-state index in [9.17, 15) is 5.11 Å². The largest absolute Gasteiger partial charge is 0.380 e. The van der Waals surface area contributed by atoms with Gasteiger partial charge in [-0.05, 0) is 32.3 Å². The van der Waals surface area contributed by atoms with Crippen molar-refractivity contribution < 1.29 is 5.11 Å². The maximum atomic E-state index is 11.7. The molecule has 1 atom stereocenters. The minimum Gasteiger partial charge on any atom is -0.380 e. The summed E-state index contributed by atoms with van der Waals surface area (Å²) >= 11 is 0. The number of likely N-dealkylation sites (N-methyl/N-ethyl adjacent to an activating group) is 2. The zero-order valence-corrected chi connectivity index (χ0v) is 15.3. The summed E-state index contributed by atoms with van der Waals surface area (Å²) in [6.45, 7) is 4.95. The van der Waals surface area contributed by atoms with Crippen LogP contribution < -0.4 is 0 Å². The molecule has 2 rings (SSSR count). The van der Waals surface area contributed by atoms with Gasteiger partial charge in [-0.2, -0.15) is 0 Å². The molecule has 0 heterocycles. The topological polar surface area (TPSA) is 26.7 Å². The van der Waals surface area contributed by atoms with Crippen molar-refractivity contribution in [3.05, 3.63) is 71.8 Å². The summed E-state index contributed by atoms with van der Waals surface area (Å²) in [5.41, 5.74) is 0.906. The van der Waals surface area contributed by atoms with E-state index >= 15 is 0 Å². The van der Waals surface area contributed by atoms with Crippen molar-refractivity contribution in [1.82, 2.24) is 9.80 Å². The zero-order chi connectivity index (χ0) is 17.6. The highest BCUT2D eigenvalue weighted by atomic mass is 16.3. The van der Waals surface area contributed by atoms with Crippen molar-refractivity contribution in [3.8, 4) is 0 Å². The van der Waals surface area contributed by atoms with E-state index in [4.69, 9.17) is 0 Å². The van der Waals surface area contributed by atoms with E-state index in [-0.39, 0.29) is 5.92 Å². The Morgan fingerprint density at radius 2 is 1.29 bits per heavy atom. The lowest BCUT2D eigenvalue weighted by molar-refractivity contribution is 0.0102. The van der Waals surface area contributed by atoms with Crippen molar-refractivity contribution in [2.75, 3.05) is 40.8 Å². The van der Waals surface area contributed by atoms with Gasteiger partial charge < -0.3 is 14.9 Å². The molecule has 1 N–H and O–H groups in total. The standard InChI is InChI=1S/C21H30N2O/c1-18(17-23(4)16-15-22(2)3)21(24,19-11-7-5-8-12-19)20-13-9-6-10-14-20/h5-14,18,24H,15-17H2,1-4H3. The highest BCUT2D eigenvalue weighted by molar-refractivity contribution is 5.36. The summed E-state index contributed by atoms with van der Waals surface area (Å²) in [6.07, 6.45) is 0. The van der Waals surface area contributed by atoms with Crippen LogP contribution in [0, 0.1) is 5.92 Å². The van der Waals surface area contributed by atoms with Crippen LogP contribution in [0.4, 0.5) is 0 Å². The van der Waals surface area contributed by atoms with Gasteiger partial charge in [-0.3, -0.25) is 0 Å². The molecule has 0 aliphatic carbocycles. The lowest BCUT2D eigenvalue weighted by Gasteiger charge is -2.37. The van der Waals surface area contributed by atoms with Gasteiger partial charge >= 0.3 is 0 Å². The van der Waals surface area contributed by atoms with Crippen molar-refractivity contribution in [2.45, 2.75) is 12.5 Å². The molecule has 130 valence electrons. The third kappa shape index (κ3) is 4.44. The molecule has 0 radical (unpaired) electrons. The fourth-order valence-electron chi connectivity index (χ4n) is 3.18. The van der Waals surface area contributed by atoms with Gasteiger partial charge in [0.1, 0.15) is 5.60 Å². The normalized spacial score (nSPS) is 13.5. The average molecular weight is 326 g/mol. The monoisotopic (exact) mass is 326 g/mol. The molecule has 0 bridgehead atoms. The number of benzene rings is 2. The minimum absolute atomic E-state index is 0.0643. The van der Waals surface area contributed by atoms with E-state index in [2.05, 4.69) is 37.9 Å². The lowest BCUT2D eigenvalue weighted by Crippen LogP contribution is -2.42. The van der Waals surface area contributed by atoms with Crippen LogP contribution in [0.1, 0.15) is 18.1 Å². The van der Waals surface area contributed by atoms with Gasteiger partial charge in [-0.1, -0.05) is 67.6 Å². The summed E-state index contributed by atoms with van der Waals surface area (Å²) in [5.74, 6) is 0.0643. The maximum Gasteiger partial charge on any atom is 0.118 e. The highest BCUT2D eigenvalue weighted by Crippen LogP contribution is 2.37. The SMILES string of the molecule is CC(CN(C)CCN(C)C)C(O)(c1ccccc1)c1ccccc1. The molecule has 0 saturated carbocycles. The molecule has 2 aromatic carbocycles. The predicted molar refractivity (Wildman–Crippen MR) is 101 cm³/mol. The Bertz CT molecular complexity index is 558. The molecular formula is C21H30N2O. The van der Waals surface area contributed by atoms with Crippen molar-refractivity contribution in [2.24, 2.45) is 5.92 Å². The third-order valence-corrected chi connectivity index (χ3v) is 4.66. The van der Waals surface area contributed by atoms with E-state index in [0.29, 0.717) is 0 Å². The second-order valence-electron chi connectivity index (χ2n) is 6.96. The first kappa shape index (κ1) is 18.7. The molecule has 3 nitrogen and oxygen atoms in total. The van der Waals surface area contributed by atoms with E-state index in [0.717, 1.165) is 30.8 Å². The molecule has 0 fully saturated rings. The van der Waals surface area contributed by atoms with Gasteiger partial charge in [0, 0.05) is 25.6 Å². The molecule has 0 aliphatic heterocycles. The smallest absolute Gasteiger partial charge is 0.118 e. The molecule has 2 aromatic rings. The Kier molecular flexibility index (Phi) is 6.55. The zero-order valence-electron chi connectivity index (χ0n) is 15.3. The summed E-state index contributed by atoms with van der Waals surface area (Å²) in [5, 5.41) is 11.7. The maximum absolute atomic E-state index is 11.7. The molecule has 0 spiro atoms. The van der Waals surface area contributed by atoms with Gasteiger partial charge in [0.25, 0.3) is 0 Å². The Morgan fingerprint density at radius 1 is 0.833 bits per heavy atom. The van der Waals surface area contributed by atoms with Crippen molar-refractivity contribution in [1.29, 1.82) is 0 Å². The number of rotatable bonds is 8. The average Bonchev–Trinajstić information content (AvgIpc) is 2.60. The first-order valence-corrected chi connectivity index (χ1v) is 8.61. The van der Waals surface area contributed by atoms with E-state index in [1.807, 2.05) is 60.7 Å². The van der Waals surface area contributed by atoms with Crippen LogP contribution >= 0.6 is 0 Å². The van der Waals surface area contributed by atoms with Crippen LogP contribution in [0.3, 0.4) is 0 Å². The summed E-state index contributed by atoms with van der Waals surface area (Å²) < 4.78 is 0. The van der Waals surface area contributed by atoms with Crippen molar-refractivity contribution in [3.63, 3.8) is 0 Å². The predicted octanol–water partition coefficient (Wildman–Crippen LogP) is 3.05.